The van der Waals surface area contributed by atoms with Gasteiger partial charge < -0.3 is 14.6 Å². The van der Waals surface area contributed by atoms with Crippen molar-refractivity contribution in [3.63, 3.8) is 0 Å². The molecule has 114 valence electrons. The van der Waals surface area contributed by atoms with Crippen LogP contribution in [0.4, 0.5) is 10.1 Å². The highest BCUT2D eigenvalue weighted by Crippen LogP contribution is 2.25. The first-order valence-electron chi connectivity index (χ1n) is 7.02. The van der Waals surface area contributed by atoms with Crippen molar-refractivity contribution in [3.05, 3.63) is 54.2 Å². The molecule has 1 aromatic carbocycles. The Balaban J connectivity index is 1.63. The largest absolute Gasteiger partial charge is 0.467 e. The van der Waals surface area contributed by atoms with Crippen LogP contribution in [-0.2, 0) is 16.1 Å². The fourth-order valence-electron chi connectivity index (χ4n) is 2.51. The molecule has 0 aliphatic carbocycles. The van der Waals surface area contributed by atoms with E-state index >= 15 is 0 Å². The van der Waals surface area contributed by atoms with Crippen molar-refractivity contribution in [3.8, 4) is 0 Å². The maximum Gasteiger partial charge on any atom is 0.239 e. The minimum absolute atomic E-state index is 0.256. The summed E-state index contributed by atoms with van der Waals surface area (Å²) in [7, 11) is 0. The molecule has 1 N–H and O–H groups in total. The van der Waals surface area contributed by atoms with Crippen LogP contribution >= 0.6 is 0 Å². The van der Waals surface area contributed by atoms with Crippen LogP contribution in [0, 0.1) is 11.7 Å². The van der Waals surface area contributed by atoms with Gasteiger partial charge in [-0.25, -0.2) is 4.39 Å². The molecule has 0 bridgehead atoms. The van der Waals surface area contributed by atoms with Crippen molar-refractivity contribution < 1.29 is 18.4 Å². The zero-order valence-electron chi connectivity index (χ0n) is 11.8. The van der Waals surface area contributed by atoms with Gasteiger partial charge in [-0.05, 0) is 42.8 Å². The molecule has 1 aliphatic rings. The van der Waals surface area contributed by atoms with Gasteiger partial charge in [0.25, 0.3) is 0 Å². The minimum atomic E-state index is -0.708. The standard InChI is InChI=1S/C16H15FN2O3/c17-11-3-5-12(6-4-11)19-8-7-14(16(19)21)15(20)18-10-13-2-1-9-22-13/h1-6,9,14H,7-8,10H2,(H,18,20). The molecule has 3 rings (SSSR count). The Morgan fingerprint density at radius 2 is 2.09 bits per heavy atom. The maximum atomic E-state index is 12.9. The van der Waals surface area contributed by atoms with Crippen LogP contribution in [0.25, 0.3) is 0 Å². The Hall–Kier alpha value is -2.63. The number of furan rings is 1. The van der Waals surface area contributed by atoms with Gasteiger partial charge in [0.1, 0.15) is 17.5 Å². The van der Waals surface area contributed by atoms with E-state index in [1.54, 1.807) is 12.1 Å². The number of benzene rings is 1. The highest BCUT2D eigenvalue weighted by molar-refractivity contribution is 6.09. The Morgan fingerprint density at radius 1 is 1.32 bits per heavy atom. The van der Waals surface area contributed by atoms with Crippen molar-refractivity contribution in [2.45, 2.75) is 13.0 Å². The zero-order valence-corrected chi connectivity index (χ0v) is 11.8. The van der Waals surface area contributed by atoms with Crippen LogP contribution in [0.3, 0.4) is 0 Å². The average molecular weight is 302 g/mol. The first kappa shape index (κ1) is 14.3. The Morgan fingerprint density at radius 3 is 2.77 bits per heavy atom. The van der Waals surface area contributed by atoms with Crippen LogP contribution in [0.5, 0.6) is 0 Å². The third-order valence-electron chi connectivity index (χ3n) is 3.68. The molecule has 22 heavy (non-hydrogen) atoms. The maximum absolute atomic E-state index is 12.9. The summed E-state index contributed by atoms with van der Waals surface area (Å²) in [4.78, 5) is 26.0. The normalized spacial score (nSPS) is 17.8. The van der Waals surface area contributed by atoms with E-state index in [4.69, 9.17) is 4.42 Å². The highest BCUT2D eigenvalue weighted by Gasteiger charge is 2.37. The molecule has 1 aliphatic heterocycles. The predicted octanol–water partition coefficient (Wildman–Crippen LogP) is 2.09. The van der Waals surface area contributed by atoms with Crippen LogP contribution in [0.1, 0.15) is 12.2 Å². The molecule has 2 amide bonds. The molecule has 1 aromatic heterocycles. The van der Waals surface area contributed by atoms with E-state index in [1.807, 2.05) is 0 Å². The Kier molecular flexibility index (Phi) is 3.91. The molecule has 1 saturated heterocycles. The summed E-state index contributed by atoms with van der Waals surface area (Å²) in [5.41, 5.74) is 0.604. The number of carbonyl (C=O) groups is 2. The van der Waals surface area contributed by atoms with E-state index in [1.165, 1.54) is 35.4 Å². The molecule has 5 nitrogen and oxygen atoms in total. The summed E-state index contributed by atoms with van der Waals surface area (Å²) in [6.07, 6.45) is 1.97. The van der Waals surface area contributed by atoms with Crippen molar-refractivity contribution in [2.75, 3.05) is 11.4 Å². The van der Waals surface area contributed by atoms with E-state index in [0.29, 0.717) is 24.4 Å². The minimum Gasteiger partial charge on any atom is -0.467 e. The Labute approximate surface area is 126 Å². The molecule has 2 aromatic rings. The van der Waals surface area contributed by atoms with Crippen molar-refractivity contribution >= 4 is 17.5 Å². The lowest BCUT2D eigenvalue weighted by Crippen LogP contribution is -2.36. The molecule has 1 fully saturated rings. The lowest BCUT2D eigenvalue weighted by molar-refractivity contribution is -0.132. The molecule has 0 saturated carbocycles. The van der Waals surface area contributed by atoms with Gasteiger partial charge in [-0.2, -0.15) is 0 Å². The van der Waals surface area contributed by atoms with E-state index in [9.17, 15) is 14.0 Å². The first-order chi connectivity index (χ1) is 10.6. The summed E-state index contributed by atoms with van der Waals surface area (Å²) >= 11 is 0. The quantitative estimate of drug-likeness (QED) is 0.880. The van der Waals surface area contributed by atoms with Gasteiger partial charge >= 0.3 is 0 Å². The molecular formula is C16H15FN2O3. The number of halogens is 1. The van der Waals surface area contributed by atoms with Gasteiger partial charge in [0.2, 0.25) is 11.8 Å². The van der Waals surface area contributed by atoms with Crippen LogP contribution < -0.4 is 10.2 Å². The third kappa shape index (κ3) is 2.86. The van der Waals surface area contributed by atoms with Crippen LogP contribution in [-0.4, -0.2) is 18.4 Å². The highest BCUT2D eigenvalue weighted by atomic mass is 19.1. The van der Waals surface area contributed by atoms with Crippen LogP contribution in [0.15, 0.2) is 47.1 Å². The van der Waals surface area contributed by atoms with Gasteiger partial charge in [-0.15, -0.1) is 0 Å². The number of hydrogen-bond acceptors (Lipinski definition) is 3. The van der Waals surface area contributed by atoms with E-state index in [2.05, 4.69) is 5.32 Å². The number of carbonyl (C=O) groups excluding carboxylic acids is 2. The van der Waals surface area contributed by atoms with E-state index in [-0.39, 0.29) is 24.2 Å². The SMILES string of the molecule is O=C(NCc1ccco1)C1CCN(c2ccc(F)cc2)C1=O. The number of rotatable bonds is 4. The fourth-order valence-corrected chi connectivity index (χ4v) is 2.51. The first-order valence-corrected chi connectivity index (χ1v) is 7.02. The van der Waals surface area contributed by atoms with Gasteiger partial charge in [0, 0.05) is 12.2 Å². The van der Waals surface area contributed by atoms with Crippen molar-refractivity contribution in [1.82, 2.24) is 5.32 Å². The summed E-state index contributed by atoms with van der Waals surface area (Å²) in [6, 6.07) is 9.16. The number of nitrogens with zero attached hydrogens (tertiary/aromatic N) is 1. The van der Waals surface area contributed by atoms with Crippen molar-refractivity contribution in [1.29, 1.82) is 0 Å². The van der Waals surface area contributed by atoms with Crippen molar-refractivity contribution in [2.24, 2.45) is 5.92 Å². The summed E-state index contributed by atoms with van der Waals surface area (Å²) < 4.78 is 18.1. The summed E-state index contributed by atoms with van der Waals surface area (Å²) in [6.45, 7) is 0.704. The lowest BCUT2D eigenvalue weighted by atomic mass is 10.1. The molecule has 0 spiro atoms. The third-order valence-corrected chi connectivity index (χ3v) is 3.68. The molecule has 2 heterocycles. The van der Waals surface area contributed by atoms with Crippen LogP contribution in [0.2, 0.25) is 0 Å². The summed E-state index contributed by atoms with van der Waals surface area (Å²) in [5, 5.41) is 2.70. The molecule has 1 atom stereocenters. The number of anilines is 1. The second kappa shape index (κ2) is 6.01. The number of amides is 2. The topological polar surface area (TPSA) is 62.6 Å². The number of hydrogen-bond donors (Lipinski definition) is 1. The smallest absolute Gasteiger partial charge is 0.239 e. The second-order valence-electron chi connectivity index (χ2n) is 5.10. The van der Waals surface area contributed by atoms with E-state index < -0.39 is 5.92 Å². The molecule has 0 radical (unpaired) electrons. The zero-order chi connectivity index (χ0) is 15.5. The molecule has 6 heteroatoms. The molecule has 1 unspecified atom stereocenters. The van der Waals surface area contributed by atoms with Gasteiger partial charge in [-0.3, -0.25) is 9.59 Å². The van der Waals surface area contributed by atoms with E-state index in [0.717, 1.165) is 0 Å². The second-order valence-corrected chi connectivity index (χ2v) is 5.10. The monoisotopic (exact) mass is 302 g/mol. The van der Waals surface area contributed by atoms with Gasteiger partial charge in [-0.1, -0.05) is 0 Å². The molecular weight excluding hydrogens is 287 g/mol. The lowest BCUT2D eigenvalue weighted by Gasteiger charge is -2.16. The average Bonchev–Trinajstić information content (AvgIpc) is 3.15. The van der Waals surface area contributed by atoms with Gasteiger partial charge in [0.05, 0.1) is 12.8 Å². The van der Waals surface area contributed by atoms with Gasteiger partial charge in [0.15, 0.2) is 0 Å². The fraction of sp³-hybridized carbons (Fsp3) is 0.250. The Bertz CT molecular complexity index is 667. The predicted molar refractivity (Wildman–Crippen MR) is 77.4 cm³/mol. The number of nitrogens with one attached hydrogen (secondary N) is 1. The summed E-state index contributed by atoms with van der Waals surface area (Å²) in [5.74, 6) is -1.01.